The van der Waals surface area contributed by atoms with Crippen LogP contribution in [0.4, 0.5) is 0 Å². The molecule has 18 heavy (non-hydrogen) atoms. The molecule has 0 bridgehead atoms. The number of ether oxygens (including phenoxy) is 1. The quantitative estimate of drug-likeness (QED) is 0.831. The van der Waals surface area contributed by atoms with Gasteiger partial charge in [-0.15, -0.1) is 0 Å². The Kier molecular flexibility index (Phi) is 4.22. The van der Waals surface area contributed by atoms with Crippen LogP contribution in [0.5, 0.6) is 0 Å². The summed E-state index contributed by atoms with van der Waals surface area (Å²) in [6.07, 6.45) is 9.13. The van der Waals surface area contributed by atoms with Crippen LogP contribution in [-0.2, 0) is 4.74 Å². The molecular formula is C15H28N2O. The molecule has 4 unspecified atom stereocenters. The van der Waals surface area contributed by atoms with Crippen LogP contribution in [0.3, 0.4) is 0 Å². The second-order valence-electron chi connectivity index (χ2n) is 6.46. The predicted octanol–water partition coefficient (Wildman–Crippen LogP) is 2.02. The van der Waals surface area contributed by atoms with Crippen molar-refractivity contribution in [1.29, 1.82) is 0 Å². The molecule has 3 nitrogen and oxygen atoms in total. The largest absolute Gasteiger partial charge is 0.374 e. The van der Waals surface area contributed by atoms with Crippen molar-refractivity contribution in [1.82, 2.24) is 10.2 Å². The maximum atomic E-state index is 6.00. The summed E-state index contributed by atoms with van der Waals surface area (Å²) >= 11 is 0. The van der Waals surface area contributed by atoms with Crippen LogP contribution in [0, 0.1) is 5.92 Å². The van der Waals surface area contributed by atoms with Gasteiger partial charge in [-0.2, -0.15) is 0 Å². The van der Waals surface area contributed by atoms with E-state index in [1.165, 1.54) is 64.7 Å². The molecule has 0 aromatic rings. The molecule has 0 amide bonds. The first-order chi connectivity index (χ1) is 8.83. The molecule has 3 heterocycles. The van der Waals surface area contributed by atoms with Crippen molar-refractivity contribution < 1.29 is 4.74 Å². The smallest absolute Gasteiger partial charge is 0.0706 e. The lowest BCUT2D eigenvalue weighted by molar-refractivity contribution is 0.0216. The van der Waals surface area contributed by atoms with Crippen LogP contribution in [0.25, 0.3) is 0 Å². The fourth-order valence-corrected chi connectivity index (χ4v) is 4.10. The summed E-state index contributed by atoms with van der Waals surface area (Å²) in [6.45, 7) is 7.17. The minimum atomic E-state index is 0.493. The van der Waals surface area contributed by atoms with Gasteiger partial charge in [0.2, 0.25) is 0 Å². The molecule has 3 rings (SSSR count). The summed E-state index contributed by atoms with van der Waals surface area (Å²) in [5.74, 6) is 0.889. The van der Waals surface area contributed by atoms with Crippen LogP contribution >= 0.6 is 0 Å². The lowest BCUT2D eigenvalue weighted by Gasteiger charge is -2.35. The van der Waals surface area contributed by atoms with Crippen LogP contribution in [-0.4, -0.2) is 49.3 Å². The molecule has 0 spiro atoms. The second kappa shape index (κ2) is 5.89. The fraction of sp³-hybridized carbons (Fsp3) is 1.00. The molecule has 104 valence electrons. The molecule has 3 fully saturated rings. The molecule has 1 N–H and O–H groups in total. The number of likely N-dealkylation sites (tertiary alicyclic amines) is 1. The van der Waals surface area contributed by atoms with E-state index in [-0.39, 0.29) is 0 Å². The summed E-state index contributed by atoms with van der Waals surface area (Å²) in [5.41, 5.74) is 0. The average molecular weight is 252 g/mol. The first-order valence-electron chi connectivity index (χ1n) is 7.93. The molecule has 3 heteroatoms. The third-order valence-corrected chi connectivity index (χ3v) is 5.05. The average Bonchev–Trinajstić information content (AvgIpc) is 3.00. The molecule has 0 radical (unpaired) electrons. The fourth-order valence-electron chi connectivity index (χ4n) is 4.10. The van der Waals surface area contributed by atoms with E-state index in [1.54, 1.807) is 0 Å². The number of rotatable bonds is 3. The third-order valence-electron chi connectivity index (χ3n) is 5.05. The minimum Gasteiger partial charge on any atom is -0.374 e. The van der Waals surface area contributed by atoms with E-state index in [0.29, 0.717) is 12.2 Å². The topological polar surface area (TPSA) is 24.5 Å². The summed E-state index contributed by atoms with van der Waals surface area (Å²) in [7, 11) is 0. The maximum absolute atomic E-state index is 6.00. The van der Waals surface area contributed by atoms with Gasteiger partial charge in [-0.05, 0) is 71.0 Å². The van der Waals surface area contributed by atoms with Crippen LogP contribution < -0.4 is 5.32 Å². The van der Waals surface area contributed by atoms with Gasteiger partial charge in [0.25, 0.3) is 0 Å². The highest BCUT2D eigenvalue weighted by Crippen LogP contribution is 2.30. The van der Waals surface area contributed by atoms with Gasteiger partial charge in [-0.3, -0.25) is 4.90 Å². The first-order valence-corrected chi connectivity index (χ1v) is 7.93. The summed E-state index contributed by atoms with van der Waals surface area (Å²) in [6, 6.07) is 0.831. The molecular weight excluding hydrogens is 224 g/mol. The number of piperidine rings is 1. The van der Waals surface area contributed by atoms with E-state index in [4.69, 9.17) is 4.74 Å². The number of hydrogen-bond donors (Lipinski definition) is 1. The van der Waals surface area contributed by atoms with Gasteiger partial charge in [-0.1, -0.05) is 0 Å². The van der Waals surface area contributed by atoms with Gasteiger partial charge < -0.3 is 10.1 Å². The molecule has 4 atom stereocenters. The monoisotopic (exact) mass is 252 g/mol. The Morgan fingerprint density at radius 2 is 2.11 bits per heavy atom. The summed E-state index contributed by atoms with van der Waals surface area (Å²) in [5, 5.41) is 3.58. The van der Waals surface area contributed by atoms with Crippen LogP contribution in [0.1, 0.15) is 45.4 Å². The Morgan fingerprint density at radius 3 is 2.83 bits per heavy atom. The van der Waals surface area contributed by atoms with E-state index >= 15 is 0 Å². The highest BCUT2D eigenvalue weighted by Gasteiger charge is 2.34. The van der Waals surface area contributed by atoms with Gasteiger partial charge in [-0.25, -0.2) is 0 Å². The van der Waals surface area contributed by atoms with Crippen molar-refractivity contribution in [2.24, 2.45) is 5.92 Å². The van der Waals surface area contributed by atoms with Gasteiger partial charge >= 0.3 is 0 Å². The Bertz CT molecular complexity index is 265. The lowest BCUT2D eigenvalue weighted by Crippen LogP contribution is -2.45. The normalized spacial score (nSPS) is 42.5. The van der Waals surface area contributed by atoms with Gasteiger partial charge in [0, 0.05) is 12.6 Å². The molecule has 3 saturated heterocycles. The summed E-state index contributed by atoms with van der Waals surface area (Å²) < 4.78 is 6.00. The SMILES string of the molecule is CC1CCC(CN2CCCC2C2CCCNC2)O1. The van der Waals surface area contributed by atoms with Crippen molar-refractivity contribution in [2.45, 2.75) is 63.7 Å². The van der Waals surface area contributed by atoms with Crippen molar-refractivity contribution in [3.63, 3.8) is 0 Å². The maximum Gasteiger partial charge on any atom is 0.0706 e. The van der Waals surface area contributed by atoms with Crippen molar-refractivity contribution >= 4 is 0 Å². The number of nitrogens with one attached hydrogen (secondary N) is 1. The van der Waals surface area contributed by atoms with Crippen molar-refractivity contribution in [3.05, 3.63) is 0 Å². The molecule has 0 aromatic heterocycles. The zero-order valence-electron chi connectivity index (χ0n) is 11.7. The second-order valence-corrected chi connectivity index (χ2v) is 6.46. The highest BCUT2D eigenvalue weighted by molar-refractivity contribution is 4.89. The first kappa shape index (κ1) is 12.9. The number of hydrogen-bond acceptors (Lipinski definition) is 3. The predicted molar refractivity (Wildman–Crippen MR) is 73.8 cm³/mol. The van der Waals surface area contributed by atoms with Crippen LogP contribution in [0.15, 0.2) is 0 Å². The molecule has 3 aliphatic heterocycles. The van der Waals surface area contributed by atoms with E-state index in [1.807, 2.05) is 0 Å². The van der Waals surface area contributed by atoms with Crippen molar-refractivity contribution in [2.75, 3.05) is 26.2 Å². The highest BCUT2D eigenvalue weighted by atomic mass is 16.5. The van der Waals surface area contributed by atoms with E-state index in [0.717, 1.165) is 12.0 Å². The number of nitrogens with zero attached hydrogens (tertiary/aromatic N) is 1. The van der Waals surface area contributed by atoms with Gasteiger partial charge in [0.1, 0.15) is 0 Å². The molecule has 0 aliphatic carbocycles. The van der Waals surface area contributed by atoms with E-state index in [2.05, 4.69) is 17.1 Å². The minimum absolute atomic E-state index is 0.493. The van der Waals surface area contributed by atoms with Gasteiger partial charge in [0.15, 0.2) is 0 Å². The lowest BCUT2D eigenvalue weighted by atomic mass is 9.90. The van der Waals surface area contributed by atoms with E-state index < -0.39 is 0 Å². The zero-order chi connectivity index (χ0) is 12.4. The standard InChI is InChI=1S/C15H28N2O/c1-12-6-7-14(18-12)11-17-9-3-5-15(17)13-4-2-8-16-10-13/h12-16H,2-11H2,1H3. The zero-order valence-corrected chi connectivity index (χ0v) is 11.7. The summed E-state index contributed by atoms with van der Waals surface area (Å²) in [4.78, 5) is 2.74. The van der Waals surface area contributed by atoms with Crippen molar-refractivity contribution in [3.8, 4) is 0 Å². The Hall–Kier alpha value is -0.120. The van der Waals surface area contributed by atoms with E-state index in [9.17, 15) is 0 Å². The molecule has 0 saturated carbocycles. The Balaban J connectivity index is 1.53. The Labute approximate surface area is 111 Å². The molecule has 0 aromatic carbocycles. The van der Waals surface area contributed by atoms with Crippen LogP contribution in [0.2, 0.25) is 0 Å². The third kappa shape index (κ3) is 2.89. The molecule has 3 aliphatic rings. The van der Waals surface area contributed by atoms with Gasteiger partial charge in [0.05, 0.1) is 12.2 Å². The Morgan fingerprint density at radius 1 is 1.17 bits per heavy atom.